The third kappa shape index (κ3) is 2.39. The summed E-state index contributed by atoms with van der Waals surface area (Å²) in [5, 5.41) is 0.255. The topological polar surface area (TPSA) is 47.9 Å². The van der Waals surface area contributed by atoms with Gasteiger partial charge in [-0.1, -0.05) is 6.07 Å². The van der Waals surface area contributed by atoms with Crippen LogP contribution < -0.4 is 4.74 Å². The molecular weight excluding hydrogens is 313 g/mol. The van der Waals surface area contributed by atoms with Crippen molar-refractivity contribution in [1.29, 1.82) is 0 Å². The van der Waals surface area contributed by atoms with Crippen LogP contribution in [0.4, 0.5) is 4.39 Å². The van der Waals surface area contributed by atoms with Crippen molar-refractivity contribution in [3.8, 4) is 11.6 Å². The molecule has 2 heterocycles. The van der Waals surface area contributed by atoms with Crippen LogP contribution in [0.15, 0.2) is 47.5 Å². The number of ether oxygens (including phenoxy) is 1. The van der Waals surface area contributed by atoms with Crippen LogP contribution in [-0.2, 0) is 0 Å². The Labute approximate surface area is 116 Å². The molecule has 1 aromatic carbocycles. The molecule has 6 heteroatoms. The SMILES string of the molecule is Fc1cccc2ncnc(Oc3cncc(Br)c3)c12. The Bertz CT molecular complexity index is 746. The van der Waals surface area contributed by atoms with Gasteiger partial charge in [0, 0.05) is 10.7 Å². The largest absolute Gasteiger partial charge is 0.436 e. The van der Waals surface area contributed by atoms with E-state index in [9.17, 15) is 4.39 Å². The molecule has 3 rings (SSSR count). The van der Waals surface area contributed by atoms with Gasteiger partial charge in [-0.05, 0) is 34.1 Å². The summed E-state index contributed by atoms with van der Waals surface area (Å²) >= 11 is 3.29. The molecule has 0 aliphatic heterocycles. The molecule has 0 spiro atoms. The number of pyridine rings is 1. The summed E-state index contributed by atoms with van der Waals surface area (Å²) in [6.07, 6.45) is 4.49. The maximum atomic E-state index is 13.8. The van der Waals surface area contributed by atoms with Gasteiger partial charge in [-0.3, -0.25) is 4.98 Å². The van der Waals surface area contributed by atoms with Gasteiger partial charge in [0.15, 0.2) is 0 Å². The van der Waals surface area contributed by atoms with Crippen molar-refractivity contribution >= 4 is 26.8 Å². The Morgan fingerprint density at radius 1 is 1.16 bits per heavy atom. The first-order valence-corrected chi connectivity index (χ1v) is 6.21. The zero-order chi connectivity index (χ0) is 13.2. The second kappa shape index (κ2) is 4.89. The minimum atomic E-state index is -0.420. The Morgan fingerprint density at radius 2 is 2.05 bits per heavy atom. The lowest BCUT2D eigenvalue weighted by Gasteiger charge is -2.07. The predicted octanol–water partition coefficient (Wildman–Crippen LogP) is 3.72. The van der Waals surface area contributed by atoms with Gasteiger partial charge < -0.3 is 4.74 Å². The summed E-state index contributed by atoms with van der Waals surface area (Å²) in [6.45, 7) is 0. The second-order valence-corrected chi connectivity index (χ2v) is 4.67. The molecule has 0 atom stereocenters. The Hall–Kier alpha value is -2.08. The van der Waals surface area contributed by atoms with Crippen LogP contribution in [0.2, 0.25) is 0 Å². The summed E-state index contributed by atoms with van der Waals surface area (Å²) in [7, 11) is 0. The highest BCUT2D eigenvalue weighted by atomic mass is 79.9. The molecule has 0 saturated carbocycles. The first-order chi connectivity index (χ1) is 9.24. The minimum Gasteiger partial charge on any atom is -0.436 e. The second-order valence-electron chi connectivity index (χ2n) is 3.75. The molecule has 0 aliphatic carbocycles. The average molecular weight is 320 g/mol. The van der Waals surface area contributed by atoms with Gasteiger partial charge >= 0.3 is 0 Å². The van der Waals surface area contributed by atoms with E-state index in [1.165, 1.54) is 18.6 Å². The third-order valence-corrected chi connectivity index (χ3v) is 2.91. The molecule has 4 nitrogen and oxygen atoms in total. The number of nitrogens with zero attached hydrogens (tertiary/aromatic N) is 3. The summed E-state index contributed by atoms with van der Waals surface area (Å²) < 4.78 is 20.2. The van der Waals surface area contributed by atoms with Crippen molar-refractivity contribution in [2.24, 2.45) is 0 Å². The zero-order valence-corrected chi connectivity index (χ0v) is 11.1. The highest BCUT2D eigenvalue weighted by molar-refractivity contribution is 9.10. The van der Waals surface area contributed by atoms with E-state index >= 15 is 0 Å². The number of benzene rings is 1. The Morgan fingerprint density at radius 3 is 2.89 bits per heavy atom. The van der Waals surface area contributed by atoms with Crippen LogP contribution in [0.1, 0.15) is 0 Å². The van der Waals surface area contributed by atoms with Crippen molar-refractivity contribution < 1.29 is 9.13 Å². The number of halogens is 2. The third-order valence-electron chi connectivity index (χ3n) is 2.47. The average Bonchev–Trinajstić information content (AvgIpc) is 2.39. The van der Waals surface area contributed by atoms with Gasteiger partial charge in [-0.2, -0.15) is 0 Å². The number of rotatable bonds is 2. The smallest absolute Gasteiger partial charge is 0.233 e. The van der Waals surface area contributed by atoms with E-state index in [1.54, 1.807) is 24.4 Å². The molecule has 0 saturated heterocycles. The summed E-state index contributed by atoms with van der Waals surface area (Å²) in [5.41, 5.74) is 0.493. The van der Waals surface area contributed by atoms with Crippen LogP contribution >= 0.6 is 15.9 Å². The van der Waals surface area contributed by atoms with Crippen LogP contribution in [0, 0.1) is 5.82 Å². The lowest BCUT2D eigenvalue weighted by atomic mass is 10.2. The van der Waals surface area contributed by atoms with Crippen molar-refractivity contribution in [2.45, 2.75) is 0 Å². The van der Waals surface area contributed by atoms with Gasteiger partial charge in [0.25, 0.3) is 0 Å². The molecular formula is C13H7BrFN3O. The maximum Gasteiger partial charge on any atom is 0.233 e. The molecule has 0 unspecified atom stereocenters. The molecule has 0 N–H and O–H groups in total. The quantitative estimate of drug-likeness (QED) is 0.722. The summed E-state index contributed by atoms with van der Waals surface area (Å²) in [5.74, 6) is 0.219. The summed E-state index contributed by atoms with van der Waals surface area (Å²) in [6, 6.07) is 6.36. The van der Waals surface area contributed by atoms with E-state index in [-0.39, 0.29) is 11.3 Å². The van der Waals surface area contributed by atoms with Gasteiger partial charge in [-0.15, -0.1) is 0 Å². The van der Waals surface area contributed by atoms with E-state index < -0.39 is 5.82 Å². The number of hydrogen-bond donors (Lipinski definition) is 0. The van der Waals surface area contributed by atoms with Crippen molar-refractivity contribution in [3.05, 3.63) is 53.3 Å². The zero-order valence-electron chi connectivity index (χ0n) is 9.55. The first kappa shape index (κ1) is 12.0. The van der Waals surface area contributed by atoms with Gasteiger partial charge in [0.1, 0.15) is 17.9 Å². The molecule has 0 fully saturated rings. The lowest BCUT2D eigenvalue weighted by Crippen LogP contribution is -1.93. The van der Waals surface area contributed by atoms with E-state index in [2.05, 4.69) is 30.9 Å². The van der Waals surface area contributed by atoms with Crippen LogP contribution in [0.5, 0.6) is 11.6 Å². The van der Waals surface area contributed by atoms with Crippen molar-refractivity contribution in [1.82, 2.24) is 15.0 Å². The van der Waals surface area contributed by atoms with Crippen LogP contribution in [-0.4, -0.2) is 15.0 Å². The standard InChI is InChI=1S/C13H7BrFN3O/c14-8-4-9(6-16-5-8)19-13-12-10(15)2-1-3-11(12)17-7-18-13/h1-7H. The molecule has 19 heavy (non-hydrogen) atoms. The monoisotopic (exact) mass is 319 g/mol. The van der Waals surface area contributed by atoms with E-state index in [0.29, 0.717) is 11.3 Å². The van der Waals surface area contributed by atoms with E-state index in [4.69, 9.17) is 4.74 Å². The highest BCUT2D eigenvalue weighted by Gasteiger charge is 2.10. The molecule has 94 valence electrons. The molecule has 0 bridgehead atoms. The van der Waals surface area contributed by atoms with Crippen LogP contribution in [0.3, 0.4) is 0 Å². The number of fused-ring (bicyclic) bond motifs is 1. The van der Waals surface area contributed by atoms with Gasteiger partial charge in [0.05, 0.1) is 17.1 Å². The summed E-state index contributed by atoms with van der Waals surface area (Å²) in [4.78, 5) is 12.0. The molecule has 0 amide bonds. The molecule has 0 aliphatic rings. The number of hydrogen-bond acceptors (Lipinski definition) is 4. The van der Waals surface area contributed by atoms with E-state index in [0.717, 1.165) is 4.47 Å². The van der Waals surface area contributed by atoms with Gasteiger partial charge in [-0.25, -0.2) is 14.4 Å². The normalized spacial score (nSPS) is 10.6. The van der Waals surface area contributed by atoms with Crippen molar-refractivity contribution in [2.75, 3.05) is 0 Å². The molecule has 2 aromatic heterocycles. The fourth-order valence-electron chi connectivity index (χ4n) is 1.68. The van der Waals surface area contributed by atoms with E-state index in [1.807, 2.05) is 0 Å². The fourth-order valence-corrected chi connectivity index (χ4v) is 2.02. The fraction of sp³-hybridized carbons (Fsp3) is 0. The predicted molar refractivity (Wildman–Crippen MR) is 71.5 cm³/mol. The lowest BCUT2D eigenvalue weighted by molar-refractivity contribution is 0.463. The highest BCUT2D eigenvalue weighted by Crippen LogP contribution is 2.29. The minimum absolute atomic E-state index is 0.169. The molecule has 0 radical (unpaired) electrons. The molecule has 3 aromatic rings. The Balaban J connectivity index is 2.11. The maximum absolute atomic E-state index is 13.8. The Kier molecular flexibility index (Phi) is 3.08. The van der Waals surface area contributed by atoms with Gasteiger partial charge in [0.2, 0.25) is 5.88 Å². The first-order valence-electron chi connectivity index (χ1n) is 5.41. The number of aromatic nitrogens is 3. The van der Waals surface area contributed by atoms with Crippen molar-refractivity contribution in [3.63, 3.8) is 0 Å². The van der Waals surface area contributed by atoms with Crippen LogP contribution in [0.25, 0.3) is 10.9 Å².